The first-order valence-electron chi connectivity index (χ1n) is 11.2. The van der Waals surface area contributed by atoms with E-state index < -0.39 is 23.6 Å². The average molecular weight is 513 g/mol. The summed E-state index contributed by atoms with van der Waals surface area (Å²) in [7, 11) is 0. The highest BCUT2D eigenvalue weighted by Gasteiger charge is 2.60. The van der Waals surface area contributed by atoms with Gasteiger partial charge in [-0.3, -0.25) is 9.59 Å². The summed E-state index contributed by atoms with van der Waals surface area (Å²) in [6.07, 6.45) is 1.76. The van der Waals surface area contributed by atoms with E-state index in [1.165, 1.54) is 0 Å². The van der Waals surface area contributed by atoms with Crippen LogP contribution in [0.4, 0.5) is 4.79 Å². The van der Waals surface area contributed by atoms with Crippen molar-refractivity contribution in [1.82, 2.24) is 10.2 Å². The van der Waals surface area contributed by atoms with E-state index in [1.807, 2.05) is 37.3 Å². The van der Waals surface area contributed by atoms with Crippen molar-refractivity contribution in [2.24, 2.45) is 5.92 Å². The number of hydrogen-bond donors (Lipinski definition) is 1. The van der Waals surface area contributed by atoms with E-state index in [0.29, 0.717) is 17.2 Å². The van der Waals surface area contributed by atoms with E-state index in [9.17, 15) is 14.4 Å². The van der Waals surface area contributed by atoms with Gasteiger partial charge in [-0.25, -0.2) is 9.69 Å². The SMILES string of the molecule is C[C@H](NC(=O)C(Cc1ccccc1)N1C(=O)OC2(CCOc3cc(Br)ccc32)C1=O)C1CC1. The molecule has 33 heavy (non-hydrogen) atoms. The number of rotatable bonds is 6. The molecule has 8 heteroatoms. The Morgan fingerprint density at radius 1 is 1.21 bits per heavy atom. The molecule has 0 aromatic heterocycles. The molecule has 3 atom stereocenters. The number of imide groups is 1. The smallest absolute Gasteiger partial charge is 0.418 e. The summed E-state index contributed by atoms with van der Waals surface area (Å²) in [6, 6.07) is 13.6. The molecule has 7 nitrogen and oxygen atoms in total. The number of carbonyl (C=O) groups is 3. The van der Waals surface area contributed by atoms with Gasteiger partial charge in [0.25, 0.3) is 5.91 Å². The van der Waals surface area contributed by atoms with Crippen LogP contribution < -0.4 is 10.1 Å². The molecule has 1 spiro atoms. The second kappa shape index (κ2) is 8.48. The van der Waals surface area contributed by atoms with Crippen LogP contribution in [-0.4, -0.2) is 41.5 Å². The van der Waals surface area contributed by atoms with Gasteiger partial charge in [0, 0.05) is 28.9 Å². The number of halogens is 1. The highest BCUT2D eigenvalue weighted by molar-refractivity contribution is 9.10. The van der Waals surface area contributed by atoms with Crippen LogP contribution in [-0.2, 0) is 26.3 Å². The number of fused-ring (bicyclic) bond motifs is 2. The molecule has 5 rings (SSSR count). The minimum Gasteiger partial charge on any atom is -0.493 e. The lowest BCUT2D eigenvalue weighted by Gasteiger charge is -2.32. The summed E-state index contributed by atoms with van der Waals surface area (Å²) in [5.74, 6) is 0.0722. The summed E-state index contributed by atoms with van der Waals surface area (Å²) < 4.78 is 12.3. The fourth-order valence-electron chi connectivity index (χ4n) is 4.68. The lowest BCUT2D eigenvalue weighted by atomic mass is 9.86. The Bertz CT molecular complexity index is 1100. The van der Waals surface area contributed by atoms with Crippen molar-refractivity contribution < 1.29 is 23.9 Å². The van der Waals surface area contributed by atoms with E-state index in [4.69, 9.17) is 9.47 Å². The third kappa shape index (κ3) is 4.01. The molecule has 1 aliphatic carbocycles. The number of amides is 3. The zero-order chi connectivity index (χ0) is 23.2. The second-order valence-corrected chi connectivity index (χ2v) is 9.86. The molecule has 2 heterocycles. The van der Waals surface area contributed by atoms with Crippen LogP contribution in [0, 0.1) is 5.92 Å². The third-order valence-corrected chi connectivity index (χ3v) is 7.19. The van der Waals surface area contributed by atoms with Gasteiger partial charge >= 0.3 is 6.09 Å². The number of hydrogen-bond acceptors (Lipinski definition) is 5. The minimum absolute atomic E-state index is 0.0142. The number of benzene rings is 2. The van der Waals surface area contributed by atoms with E-state index in [2.05, 4.69) is 21.2 Å². The quantitative estimate of drug-likeness (QED) is 0.633. The summed E-state index contributed by atoms with van der Waals surface area (Å²) in [5, 5.41) is 3.03. The van der Waals surface area contributed by atoms with Crippen LogP contribution in [0.1, 0.15) is 37.3 Å². The maximum Gasteiger partial charge on any atom is 0.418 e. The van der Waals surface area contributed by atoms with Gasteiger partial charge in [-0.2, -0.15) is 0 Å². The summed E-state index contributed by atoms with van der Waals surface area (Å²) in [5.41, 5.74) is -0.125. The Balaban J connectivity index is 1.49. The molecular formula is C25H25BrN2O5. The van der Waals surface area contributed by atoms with Gasteiger partial charge in [-0.1, -0.05) is 46.3 Å². The number of nitrogens with one attached hydrogen (secondary N) is 1. The Hall–Kier alpha value is -2.87. The molecule has 2 aromatic carbocycles. The fourth-order valence-corrected chi connectivity index (χ4v) is 5.02. The molecule has 172 valence electrons. The lowest BCUT2D eigenvalue weighted by Crippen LogP contribution is -2.54. The highest BCUT2D eigenvalue weighted by atomic mass is 79.9. The largest absolute Gasteiger partial charge is 0.493 e. The van der Waals surface area contributed by atoms with Crippen molar-refractivity contribution in [2.45, 2.75) is 50.3 Å². The first kappa shape index (κ1) is 21.9. The van der Waals surface area contributed by atoms with E-state index in [-0.39, 0.29) is 31.4 Å². The molecule has 2 aliphatic heterocycles. The maximum absolute atomic E-state index is 13.8. The van der Waals surface area contributed by atoms with Crippen LogP contribution in [0.5, 0.6) is 5.75 Å². The Labute approximate surface area is 200 Å². The van der Waals surface area contributed by atoms with Gasteiger partial charge < -0.3 is 14.8 Å². The van der Waals surface area contributed by atoms with Crippen molar-refractivity contribution in [3.05, 3.63) is 64.1 Å². The van der Waals surface area contributed by atoms with Crippen molar-refractivity contribution in [3.63, 3.8) is 0 Å². The van der Waals surface area contributed by atoms with Crippen LogP contribution in [0.3, 0.4) is 0 Å². The van der Waals surface area contributed by atoms with Crippen molar-refractivity contribution in [2.75, 3.05) is 6.61 Å². The third-order valence-electron chi connectivity index (χ3n) is 6.70. The maximum atomic E-state index is 13.8. The standard InChI is InChI=1S/C25H25BrN2O5/c1-15(17-7-8-17)27-22(29)20(13-16-5-3-2-4-6-16)28-23(30)25(33-24(28)31)11-12-32-21-14-18(26)9-10-19(21)25/h2-6,9-10,14-15,17,20H,7-8,11-13H2,1H3,(H,27,29)/t15-,20?,25?/m0/s1. The Morgan fingerprint density at radius 3 is 2.70 bits per heavy atom. The zero-order valence-corrected chi connectivity index (χ0v) is 19.8. The van der Waals surface area contributed by atoms with Crippen LogP contribution in [0.25, 0.3) is 0 Å². The summed E-state index contributed by atoms with van der Waals surface area (Å²) in [6.45, 7) is 2.19. The molecular weight excluding hydrogens is 488 g/mol. The second-order valence-electron chi connectivity index (χ2n) is 8.95. The monoisotopic (exact) mass is 512 g/mol. The summed E-state index contributed by atoms with van der Waals surface area (Å²) >= 11 is 3.41. The number of ether oxygens (including phenoxy) is 2. The topological polar surface area (TPSA) is 84.9 Å². The molecule has 2 fully saturated rings. The molecule has 2 aromatic rings. The van der Waals surface area contributed by atoms with Crippen LogP contribution in [0.15, 0.2) is 53.0 Å². The predicted molar refractivity (Wildman–Crippen MR) is 124 cm³/mol. The minimum atomic E-state index is -1.48. The first-order valence-corrected chi connectivity index (χ1v) is 12.0. The molecule has 2 unspecified atom stereocenters. The van der Waals surface area contributed by atoms with E-state index in [0.717, 1.165) is 27.8 Å². The number of nitrogens with zero attached hydrogens (tertiary/aromatic N) is 1. The molecule has 1 saturated carbocycles. The predicted octanol–water partition coefficient (Wildman–Crippen LogP) is 3.93. The van der Waals surface area contributed by atoms with E-state index in [1.54, 1.807) is 18.2 Å². The molecule has 3 amide bonds. The van der Waals surface area contributed by atoms with Gasteiger partial charge in [0.1, 0.15) is 11.8 Å². The van der Waals surface area contributed by atoms with Gasteiger partial charge in [0.05, 0.1) is 6.61 Å². The van der Waals surface area contributed by atoms with E-state index >= 15 is 0 Å². The van der Waals surface area contributed by atoms with Crippen molar-refractivity contribution in [3.8, 4) is 5.75 Å². The lowest BCUT2D eigenvalue weighted by molar-refractivity contribution is -0.144. The van der Waals surface area contributed by atoms with Gasteiger partial charge in [-0.15, -0.1) is 0 Å². The first-order chi connectivity index (χ1) is 15.9. The number of carbonyl (C=O) groups excluding carboxylic acids is 3. The molecule has 0 bridgehead atoms. The normalized spacial score (nSPS) is 23.5. The van der Waals surface area contributed by atoms with Crippen molar-refractivity contribution in [1.29, 1.82) is 0 Å². The van der Waals surface area contributed by atoms with Gasteiger partial charge in [0.2, 0.25) is 11.5 Å². The molecule has 3 aliphatic rings. The average Bonchev–Trinajstić information content (AvgIpc) is 3.61. The molecule has 1 saturated heterocycles. The van der Waals surface area contributed by atoms with Crippen LogP contribution >= 0.6 is 15.9 Å². The van der Waals surface area contributed by atoms with Crippen LogP contribution in [0.2, 0.25) is 0 Å². The Kier molecular flexibility index (Phi) is 5.64. The molecule has 1 N–H and O–H groups in total. The fraction of sp³-hybridized carbons (Fsp3) is 0.400. The zero-order valence-electron chi connectivity index (χ0n) is 18.3. The molecule has 0 radical (unpaired) electrons. The Morgan fingerprint density at radius 2 is 1.97 bits per heavy atom. The van der Waals surface area contributed by atoms with Crippen molar-refractivity contribution >= 4 is 33.8 Å². The van der Waals surface area contributed by atoms with Gasteiger partial charge in [0.15, 0.2) is 0 Å². The van der Waals surface area contributed by atoms with Gasteiger partial charge in [-0.05, 0) is 49.4 Å². The highest BCUT2D eigenvalue weighted by Crippen LogP contribution is 2.46. The summed E-state index contributed by atoms with van der Waals surface area (Å²) in [4.78, 5) is 41.4.